The normalized spacial score (nSPS) is 17.5. The molecule has 0 radical (unpaired) electrons. The molecule has 3 rings (SSSR count). The van der Waals surface area contributed by atoms with E-state index >= 15 is 0 Å². The number of carbonyl (C=O) groups is 1. The molecule has 1 N–H and O–H groups in total. The lowest BCUT2D eigenvalue weighted by Crippen LogP contribution is -2.39. The summed E-state index contributed by atoms with van der Waals surface area (Å²) in [5.41, 5.74) is 1.64. The molecule has 6 nitrogen and oxygen atoms in total. The lowest BCUT2D eigenvalue weighted by Gasteiger charge is -2.24. The van der Waals surface area contributed by atoms with E-state index in [1.165, 1.54) is 0 Å². The highest BCUT2D eigenvalue weighted by atomic mass is 32.2. The number of nitrogens with zero attached hydrogens (tertiary/aromatic N) is 4. The van der Waals surface area contributed by atoms with Crippen LogP contribution in [-0.2, 0) is 7.05 Å². The molecule has 1 saturated heterocycles. The van der Waals surface area contributed by atoms with E-state index in [-0.39, 0.29) is 6.03 Å². The molecule has 1 aromatic carbocycles. The number of benzene rings is 1. The van der Waals surface area contributed by atoms with Gasteiger partial charge in [-0.3, -0.25) is 4.68 Å². The van der Waals surface area contributed by atoms with Crippen molar-refractivity contribution in [2.75, 3.05) is 23.9 Å². The van der Waals surface area contributed by atoms with Gasteiger partial charge in [0.25, 0.3) is 0 Å². The number of hydrogen-bond donors (Lipinski definition) is 1. The van der Waals surface area contributed by atoms with Gasteiger partial charge in [0.2, 0.25) is 0 Å². The first kappa shape index (κ1) is 14.9. The Morgan fingerprint density at radius 3 is 3.05 bits per heavy atom. The van der Waals surface area contributed by atoms with Gasteiger partial charge in [0.05, 0.1) is 0 Å². The summed E-state index contributed by atoms with van der Waals surface area (Å²) in [5.74, 6) is 2.80. The largest absolute Gasteiger partial charge is 0.324 e. The molecule has 1 aliphatic heterocycles. The van der Waals surface area contributed by atoms with Crippen molar-refractivity contribution >= 4 is 23.5 Å². The van der Waals surface area contributed by atoms with Crippen LogP contribution in [0, 0.1) is 0 Å². The SMILES string of the molecule is CN(C(=O)Nc1cccc(-c2ncn(C)n2)c1)[C@H]1CCSC1. The third kappa shape index (κ3) is 3.24. The molecule has 1 fully saturated rings. The summed E-state index contributed by atoms with van der Waals surface area (Å²) >= 11 is 1.90. The quantitative estimate of drug-likeness (QED) is 0.944. The molecule has 7 heteroatoms. The molecule has 2 aromatic rings. The van der Waals surface area contributed by atoms with Gasteiger partial charge in [-0.2, -0.15) is 16.9 Å². The molecule has 22 heavy (non-hydrogen) atoms. The smallest absolute Gasteiger partial charge is 0.321 e. The van der Waals surface area contributed by atoms with Gasteiger partial charge >= 0.3 is 6.03 Å². The lowest BCUT2D eigenvalue weighted by molar-refractivity contribution is 0.209. The van der Waals surface area contributed by atoms with Crippen LogP contribution >= 0.6 is 11.8 Å². The van der Waals surface area contributed by atoms with E-state index in [4.69, 9.17) is 0 Å². The minimum Gasteiger partial charge on any atom is -0.324 e. The number of thioether (sulfide) groups is 1. The Hall–Kier alpha value is -2.02. The van der Waals surface area contributed by atoms with Crippen LogP contribution < -0.4 is 5.32 Å². The highest BCUT2D eigenvalue weighted by Crippen LogP contribution is 2.23. The highest BCUT2D eigenvalue weighted by Gasteiger charge is 2.23. The average Bonchev–Trinajstić information content (AvgIpc) is 3.18. The monoisotopic (exact) mass is 317 g/mol. The van der Waals surface area contributed by atoms with Gasteiger partial charge in [-0.25, -0.2) is 9.78 Å². The van der Waals surface area contributed by atoms with Crippen molar-refractivity contribution in [3.8, 4) is 11.4 Å². The number of rotatable bonds is 3. The topological polar surface area (TPSA) is 63.1 Å². The maximum atomic E-state index is 12.3. The molecule has 0 bridgehead atoms. The number of carbonyl (C=O) groups excluding carboxylic acids is 1. The Labute approximate surface area is 133 Å². The third-order valence-corrected chi connectivity index (χ3v) is 4.89. The van der Waals surface area contributed by atoms with Gasteiger partial charge in [-0.15, -0.1) is 0 Å². The standard InChI is InChI=1S/C15H19N5OS/c1-19-10-16-14(18-19)11-4-3-5-12(8-11)17-15(21)20(2)13-6-7-22-9-13/h3-5,8,10,13H,6-7,9H2,1-2H3,(H,17,21)/t13-/m0/s1. The van der Waals surface area contributed by atoms with E-state index in [0.717, 1.165) is 29.2 Å². The van der Waals surface area contributed by atoms with Crippen molar-refractivity contribution in [3.05, 3.63) is 30.6 Å². The molecule has 0 saturated carbocycles. The first-order valence-electron chi connectivity index (χ1n) is 7.21. The number of amides is 2. The molecule has 2 amide bonds. The zero-order chi connectivity index (χ0) is 15.5. The molecule has 2 heterocycles. The number of nitrogens with one attached hydrogen (secondary N) is 1. The number of hydrogen-bond acceptors (Lipinski definition) is 4. The predicted molar refractivity (Wildman–Crippen MR) is 89.0 cm³/mol. The Morgan fingerprint density at radius 2 is 2.36 bits per heavy atom. The first-order chi connectivity index (χ1) is 10.6. The van der Waals surface area contributed by atoms with Crippen molar-refractivity contribution in [1.82, 2.24) is 19.7 Å². The summed E-state index contributed by atoms with van der Waals surface area (Å²) < 4.78 is 1.66. The molecule has 0 unspecified atom stereocenters. The number of aromatic nitrogens is 3. The summed E-state index contributed by atoms with van der Waals surface area (Å²) in [6.45, 7) is 0. The van der Waals surface area contributed by atoms with Crippen LogP contribution in [0.25, 0.3) is 11.4 Å². The molecule has 0 aliphatic carbocycles. The van der Waals surface area contributed by atoms with Crippen LogP contribution in [0.2, 0.25) is 0 Å². The van der Waals surface area contributed by atoms with E-state index in [1.807, 2.05) is 50.1 Å². The van der Waals surface area contributed by atoms with Gasteiger partial charge in [-0.1, -0.05) is 12.1 Å². The molecule has 1 atom stereocenters. The van der Waals surface area contributed by atoms with Crippen LogP contribution in [0.15, 0.2) is 30.6 Å². The Morgan fingerprint density at radius 1 is 1.50 bits per heavy atom. The number of urea groups is 1. The van der Waals surface area contributed by atoms with Crippen molar-refractivity contribution < 1.29 is 4.79 Å². The second-order valence-electron chi connectivity index (χ2n) is 5.38. The molecular formula is C15H19N5OS. The van der Waals surface area contributed by atoms with E-state index in [1.54, 1.807) is 15.9 Å². The third-order valence-electron chi connectivity index (χ3n) is 3.75. The van der Waals surface area contributed by atoms with Gasteiger partial charge < -0.3 is 10.2 Å². The Balaban J connectivity index is 1.71. The summed E-state index contributed by atoms with van der Waals surface area (Å²) in [4.78, 5) is 18.3. The van der Waals surface area contributed by atoms with Crippen molar-refractivity contribution in [2.24, 2.45) is 7.05 Å². The molecule has 116 valence electrons. The minimum atomic E-state index is -0.0707. The van der Waals surface area contributed by atoms with Gasteiger partial charge in [0, 0.05) is 37.1 Å². The lowest BCUT2D eigenvalue weighted by atomic mass is 10.2. The molecule has 1 aromatic heterocycles. The van der Waals surface area contributed by atoms with E-state index in [2.05, 4.69) is 15.4 Å². The van der Waals surface area contributed by atoms with Gasteiger partial charge in [-0.05, 0) is 24.3 Å². The average molecular weight is 317 g/mol. The summed E-state index contributed by atoms with van der Waals surface area (Å²) in [7, 11) is 3.69. The Kier molecular flexibility index (Phi) is 4.33. The van der Waals surface area contributed by atoms with E-state index < -0.39 is 0 Å². The zero-order valence-electron chi connectivity index (χ0n) is 12.7. The minimum absolute atomic E-state index is 0.0707. The maximum Gasteiger partial charge on any atom is 0.321 e. The van der Waals surface area contributed by atoms with Crippen LogP contribution in [0.3, 0.4) is 0 Å². The van der Waals surface area contributed by atoms with Crippen molar-refractivity contribution in [2.45, 2.75) is 12.5 Å². The fourth-order valence-electron chi connectivity index (χ4n) is 2.41. The van der Waals surface area contributed by atoms with Crippen LogP contribution in [0.4, 0.5) is 10.5 Å². The first-order valence-corrected chi connectivity index (χ1v) is 8.36. The maximum absolute atomic E-state index is 12.3. The Bertz CT molecular complexity index is 665. The van der Waals surface area contributed by atoms with Crippen molar-refractivity contribution in [3.63, 3.8) is 0 Å². The zero-order valence-corrected chi connectivity index (χ0v) is 13.5. The van der Waals surface area contributed by atoms with E-state index in [0.29, 0.717) is 11.9 Å². The van der Waals surface area contributed by atoms with E-state index in [9.17, 15) is 4.79 Å². The second-order valence-corrected chi connectivity index (χ2v) is 6.53. The summed E-state index contributed by atoms with van der Waals surface area (Å²) in [6.07, 6.45) is 2.72. The summed E-state index contributed by atoms with van der Waals surface area (Å²) in [6, 6.07) is 7.85. The number of aryl methyl sites for hydroxylation is 1. The van der Waals surface area contributed by atoms with Crippen LogP contribution in [0.1, 0.15) is 6.42 Å². The molecule has 0 spiro atoms. The highest BCUT2D eigenvalue weighted by molar-refractivity contribution is 7.99. The fraction of sp³-hybridized carbons (Fsp3) is 0.400. The molecular weight excluding hydrogens is 298 g/mol. The number of anilines is 1. The van der Waals surface area contributed by atoms with Gasteiger partial charge in [0.1, 0.15) is 6.33 Å². The molecule has 1 aliphatic rings. The van der Waals surface area contributed by atoms with Crippen molar-refractivity contribution in [1.29, 1.82) is 0 Å². The van der Waals surface area contributed by atoms with Crippen LogP contribution in [0.5, 0.6) is 0 Å². The summed E-state index contributed by atoms with van der Waals surface area (Å²) in [5, 5.41) is 7.23. The second kappa shape index (κ2) is 6.39. The van der Waals surface area contributed by atoms with Crippen LogP contribution in [-0.4, -0.2) is 50.3 Å². The predicted octanol–water partition coefficient (Wildman–Crippen LogP) is 2.45. The van der Waals surface area contributed by atoms with Gasteiger partial charge in [0.15, 0.2) is 5.82 Å². The fourth-order valence-corrected chi connectivity index (χ4v) is 3.68.